The molecule has 2 heterocycles. The Hall–Kier alpha value is -3.47. The van der Waals surface area contributed by atoms with E-state index in [1.165, 1.54) is 11.3 Å². The lowest BCUT2D eigenvalue weighted by Gasteiger charge is -2.29. The van der Waals surface area contributed by atoms with Gasteiger partial charge in [-0.25, -0.2) is 4.98 Å². The van der Waals surface area contributed by atoms with Gasteiger partial charge in [0.25, 0.3) is 0 Å². The first kappa shape index (κ1) is 31.0. The fourth-order valence-electron chi connectivity index (χ4n) is 5.66. The zero-order valence-corrected chi connectivity index (χ0v) is 26.3. The van der Waals surface area contributed by atoms with E-state index < -0.39 is 11.0 Å². The SMILES string of the molecule is COc1cc(OCCN2CCOCC2)ccc1-c1csc(CNC(=O)C2(CC(=O)OC(C)(C)C)Cc3ccccc3C2)n1. The Morgan fingerprint density at radius 2 is 1.81 bits per heavy atom. The molecule has 230 valence electrons. The smallest absolute Gasteiger partial charge is 0.307 e. The summed E-state index contributed by atoms with van der Waals surface area (Å²) in [6.07, 6.45) is 1.01. The van der Waals surface area contributed by atoms with Crippen molar-refractivity contribution in [3.05, 3.63) is 64.0 Å². The second kappa shape index (κ2) is 13.4. The van der Waals surface area contributed by atoms with Crippen LogP contribution in [0.15, 0.2) is 47.8 Å². The third-order valence-electron chi connectivity index (χ3n) is 7.74. The summed E-state index contributed by atoms with van der Waals surface area (Å²) in [5.74, 6) is 0.879. The third kappa shape index (κ3) is 7.93. The number of hydrogen-bond acceptors (Lipinski definition) is 9. The first-order chi connectivity index (χ1) is 20.6. The molecule has 1 aromatic heterocycles. The summed E-state index contributed by atoms with van der Waals surface area (Å²) in [5, 5.41) is 5.80. The summed E-state index contributed by atoms with van der Waals surface area (Å²) in [6, 6.07) is 13.8. The molecule has 1 amide bonds. The zero-order chi connectivity index (χ0) is 30.5. The van der Waals surface area contributed by atoms with Crippen molar-refractivity contribution >= 4 is 23.2 Å². The highest BCUT2D eigenvalue weighted by atomic mass is 32.1. The second-order valence-corrected chi connectivity index (χ2v) is 13.1. The van der Waals surface area contributed by atoms with Crippen LogP contribution in [0.4, 0.5) is 0 Å². The summed E-state index contributed by atoms with van der Waals surface area (Å²) in [4.78, 5) is 33.7. The van der Waals surface area contributed by atoms with Crippen LogP contribution in [0.2, 0.25) is 0 Å². The van der Waals surface area contributed by atoms with Crippen LogP contribution in [-0.4, -0.2) is 73.9 Å². The van der Waals surface area contributed by atoms with E-state index >= 15 is 0 Å². The van der Waals surface area contributed by atoms with Crippen molar-refractivity contribution in [3.8, 4) is 22.8 Å². The largest absolute Gasteiger partial charge is 0.496 e. The van der Waals surface area contributed by atoms with Crippen LogP contribution in [0.25, 0.3) is 11.3 Å². The van der Waals surface area contributed by atoms with Crippen molar-refractivity contribution in [2.75, 3.05) is 46.6 Å². The van der Waals surface area contributed by atoms with E-state index in [0.717, 1.165) is 66.0 Å². The molecule has 9 nitrogen and oxygen atoms in total. The Morgan fingerprint density at radius 3 is 2.49 bits per heavy atom. The van der Waals surface area contributed by atoms with Gasteiger partial charge in [0.15, 0.2) is 0 Å². The standard InChI is InChI=1S/C33H41N3O6S/c1-32(2,3)42-30(37)20-33(18-23-7-5-6-8-24(23)19-33)31(38)34-21-29-35-27(22-43-29)26-10-9-25(17-28(26)39-4)41-16-13-36-11-14-40-15-12-36/h5-10,17,22H,11-16,18-21H2,1-4H3,(H,34,38). The molecule has 1 aliphatic heterocycles. The van der Waals surface area contributed by atoms with Gasteiger partial charge in [-0.15, -0.1) is 11.3 Å². The Kier molecular flexibility index (Phi) is 9.68. The summed E-state index contributed by atoms with van der Waals surface area (Å²) < 4.78 is 22.7. The topological polar surface area (TPSA) is 99.2 Å². The van der Waals surface area contributed by atoms with E-state index in [1.54, 1.807) is 7.11 Å². The number of nitrogens with one attached hydrogen (secondary N) is 1. The van der Waals surface area contributed by atoms with Gasteiger partial charge in [-0.3, -0.25) is 14.5 Å². The number of aromatic nitrogens is 1. The lowest BCUT2D eigenvalue weighted by Crippen LogP contribution is -2.44. The minimum atomic E-state index is -0.896. The highest BCUT2D eigenvalue weighted by Gasteiger charge is 2.46. The van der Waals surface area contributed by atoms with Gasteiger partial charge < -0.3 is 24.3 Å². The summed E-state index contributed by atoms with van der Waals surface area (Å²) in [5.41, 5.74) is 2.29. The quantitative estimate of drug-likeness (QED) is 0.314. The van der Waals surface area contributed by atoms with Crippen molar-refractivity contribution in [1.82, 2.24) is 15.2 Å². The number of ether oxygens (including phenoxy) is 4. The number of carbonyl (C=O) groups is 2. The average molecular weight is 608 g/mol. The molecule has 2 aliphatic rings. The van der Waals surface area contributed by atoms with E-state index in [0.29, 0.717) is 25.2 Å². The first-order valence-corrected chi connectivity index (χ1v) is 15.6. The van der Waals surface area contributed by atoms with Crippen molar-refractivity contribution in [1.29, 1.82) is 0 Å². The third-order valence-corrected chi connectivity index (χ3v) is 8.59. The fourth-order valence-corrected chi connectivity index (χ4v) is 6.40. The summed E-state index contributed by atoms with van der Waals surface area (Å²) in [7, 11) is 1.63. The van der Waals surface area contributed by atoms with Gasteiger partial charge >= 0.3 is 5.97 Å². The minimum Gasteiger partial charge on any atom is -0.496 e. The highest BCUT2D eigenvalue weighted by molar-refractivity contribution is 7.09. The molecule has 5 rings (SSSR count). The number of carbonyl (C=O) groups excluding carboxylic acids is 2. The van der Waals surface area contributed by atoms with E-state index in [9.17, 15) is 9.59 Å². The molecule has 3 aromatic rings. The van der Waals surface area contributed by atoms with Gasteiger partial charge in [0.2, 0.25) is 5.91 Å². The maximum absolute atomic E-state index is 13.7. The Bertz CT molecular complexity index is 1400. The highest BCUT2D eigenvalue weighted by Crippen LogP contribution is 2.41. The molecule has 0 bridgehead atoms. The number of rotatable bonds is 11. The molecular weight excluding hydrogens is 566 g/mol. The van der Waals surface area contributed by atoms with Crippen LogP contribution in [0.3, 0.4) is 0 Å². The van der Waals surface area contributed by atoms with Crippen LogP contribution in [0, 0.1) is 5.41 Å². The Balaban J connectivity index is 1.22. The van der Waals surface area contributed by atoms with E-state index in [1.807, 2.05) is 68.6 Å². The predicted octanol–water partition coefficient (Wildman–Crippen LogP) is 4.66. The number of benzene rings is 2. The molecule has 1 N–H and O–H groups in total. The van der Waals surface area contributed by atoms with E-state index in [4.69, 9.17) is 23.9 Å². The van der Waals surface area contributed by atoms with Crippen LogP contribution in [0.1, 0.15) is 43.3 Å². The molecule has 2 aromatic carbocycles. The second-order valence-electron chi connectivity index (χ2n) is 12.1. The molecule has 0 radical (unpaired) electrons. The number of amides is 1. The van der Waals surface area contributed by atoms with Crippen LogP contribution >= 0.6 is 11.3 Å². The summed E-state index contributed by atoms with van der Waals surface area (Å²) >= 11 is 1.47. The van der Waals surface area contributed by atoms with Gasteiger partial charge in [-0.1, -0.05) is 24.3 Å². The molecular formula is C33H41N3O6S. The normalized spacial score (nSPS) is 16.4. The first-order valence-electron chi connectivity index (χ1n) is 14.8. The molecule has 1 aliphatic carbocycles. The maximum Gasteiger partial charge on any atom is 0.307 e. The molecule has 0 atom stereocenters. The Morgan fingerprint density at radius 1 is 1.09 bits per heavy atom. The molecule has 0 saturated carbocycles. The monoisotopic (exact) mass is 607 g/mol. The zero-order valence-electron chi connectivity index (χ0n) is 25.4. The fraction of sp³-hybridized carbons (Fsp3) is 0.485. The van der Waals surface area contributed by atoms with Crippen LogP contribution < -0.4 is 14.8 Å². The van der Waals surface area contributed by atoms with Crippen molar-refractivity contribution < 1.29 is 28.5 Å². The average Bonchev–Trinajstić information content (AvgIpc) is 3.60. The number of fused-ring (bicyclic) bond motifs is 1. The Labute approximate surface area is 257 Å². The molecule has 0 spiro atoms. The van der Waals surface area contributed by atoms with Gasteiger partial charge in [-0.2, -0.15) is 0 Å². The van der Waals surface area contributed by atoms with E-state index in [-0.39, 0.29) is 24.8 Å². The molecule has 10 heteroatoms. The predicted molar refractivity (Wildman–Crippen MR) is 165 cm³/mol. The van der Waals surface area contributed by atoms with Gasteiger partial charge in [0, 0.05) is 36.6 Å². The number of hydrogen-bond donors (Lipinski definition) is 1. The lowest BCUT2D eigenvalue weighted by atomic mass is 9.80. The number of methoxy groups -OCH3 is 1. The van der Waals surface area contributed by atoms with E-state index in [2.05, 4.69) is 10.2 Å². The molecule has 43 heavy (non-hydrogen) atoms. The molecule has 1 fully saturated rings. The van der Waals surface area contributed by atoms with Gasteiger partial charge in [0.1, 0.15) is 28.7 Å². The lowest BCUT2D eigenvalue weighted by molar-refractivity contribution is -0.160. The summed E-state index contributed by atoms with van der Waals surface area (Å²) in [6.45, 7) is 10.6. The van der Waals surface area contributed by atoms with Crippen molar-refractivity contribution in [2.45, 2.75) is 52.2 Å². The van der Waals surface area contributed by atoms with Crippen molar-refractivity contribution in [3.63, 3.8) is 0 Å². The van der Waals surface area contributed by atoms with Gasteiger partial charge in [-0.05, 0) is 56.9 Å². The molecule has 1 saturated heterocycles. The maximum atomic E-state index is 13.7. The number of morpholine rings is 1. The van der Waals surface area contributed by atoms with Crippen molar-refractivity contribution in [2.24, 2.45) is 5.41 Å². The number of esters is 1. The number of nitrogens with zero attached hydrogens (tertiary/aromatic N) is 2. The molecule has 0 unspecified atom stereocenters. The minimum absolute atomic E-state index is 0.0198. The van der Waals surface area contributed by atoms with Crippen LogP contribution in [0.5, 0.6) is 11.5 Å². The number of thiazole rings is 1. The van der Waals surface area contributed by atoms with Crippen LogP contribution in [-0.2, 0) is 38.4 Å². The van der Waals surface area contributed by atoms with Gasteiger partial charge in [0.05, 0.1) is 44.4 Å².